The first-order valence-corrected chi connectivity index (χ1v) is 12.4. The van der Waals surface area contributed by atoms with Crippen LogP contribution in [0.5, 0.6) is 0 Å². The van der Waals surface area contributed by atoms with Crippen LogP contribution in [0.3, 0.4) is 0 Å². The molecule has 1 saturated heterocycles. The van der Waals surface area contributed by atoms with Gasteiger partial charge in [0.2, 0.25) is 3.73 Å². The number of nitrogens with zero attached hydrogens (tertiary/aromatic N) is 1. The number of alkyl halides is 1. The maximum absolute atomic E-state index is 12.3. The molecule has 1 fully saturated rings. The molecule has 0 saturated carbocycles. The van der Waals surface area contributed by atoms with Gasteiger partial charge in [-0.2, -0.15) is 0 Å². The van der Waals surface area contributed by atoms with Crippen LogP contribution in [0.4, 0.5) is 0 Å². The fourth-order valence-corrected chi connectivity index (χ4v) is 5.29. The standard InChI is InChI=1S/C16H27IN2O6Si/c1-15(2,3)26(5,6)25-12-10(9-20)24-16(17,13(12)23-4)19-8-7-11(21)18-14(19)22/h7-8,10,12-13,20H,9H2,1-6H3,(H,18,21,22)/t10-,12-,13-,16+/m1/s1. The van der Waals surface area contributed by atoms with Crippen molar-refractivity contribution in [2.24, 2.45) is 0 Å². The number of aromatic nitrogens is 2. The Labute approximate surface area is 167 Å². The lowest BCUT2D eigenvalue weighted by Crippen LogP contribution is -2.53. The second kappa shape index (κ2) is 7.47. The maximum Gasteiger partial charge on any atom is 0.331 e. The Hall–Kier alpha value is -0.533. The van der Waals surface area contributed by atoms with Crippen LogP contribution in [-0.4, -0.2) is 55.0 Å². The van der Waals surface area contributed by atoms with Crippen LogP contribution in [0.15, 0.2) is 21.9 Å². The van der Waals surface area contributed by atoms with E-state index in [1.807, 2.05) is 22.6 Å². The number of aliphatic hydroxyl groups is 1. The number of rotatable bonds is 5. The van der Waals surface area contributed by atoms with Crippen molar-refractivity contribution in [3.63, 3.8) is 0 Å². The van der Waals surface area contributed by atoms with Crippen molar-refractivity contribution in [2.75, 3.05) is 13.7 Å². The molecule has 2 rings (SSSR count). The third kappa shape index (κ3) is 3.85. The van der Waals surface area contributed by atoms with Crippen LogP contribution < -0.4 is 11.2 Å². The molecular formula is C16H27IN2O6Si. The first-order valence-electron chi connectivity index (χ1n) is 8.38. The molecule has 0 spiro atoms. The number of hydrogen-bond donors (Lipinski definition) is 2. The van der Waals surface area contributed by atoms with Gasteiger partial charge in [-0.3, -0.25) is 14.3 Å². The minimum Gasteiger partial charge on any atom is -0.408 e. The van der Waals surface area contributed by atoms with Gasteiger partial charge in [-0.05, 0) is 40.7 Å². The van der Waals surface area contributed by atoms with Gasteiger partial charge in [0.15, 0.2) is 8.32 Å². The minimum atomic E-state index is -2.19. The average molecular weight is 498 g/mol. The van der Waals surface area contributed by atoms with E-state index >= 15 is 0 Å². The van der Waals surface area contributed by atoms with Crippen molar-refractivity contribution in [1.29, 1.82) is 0 Å². The second-order valence-corrected chi connectivity index (χ2v) is 14.2. The van der Waals surface area contributed by atoms with Gasteiger partial charge in [-0.1, -0.05) is 20.8 Å². The van der Waals surface area contributed by atoms with Crippen molar-refractivity contribution in [1.82, 2.24) is 9.55 Å². The van der Waals surface area contributed by atoms with Crippen molar-refractivity contribution in [3.05, 3.63) is 33.1 Å². The van der Waals surface area contributed by atoms with E-state index in [2.05, 4.69) is 38.8 Å². The minimum absolute atomic E-state index is 0.0450. The van der Waals surface area contributed by atoms with Crippen LogP contribution in [0.25, 0.3) is 0 Å². The van der Waals surface area contributed by atoms with Gasteiger partial charge >= 0.3 is 5.69 Å². The Kier molecular flexibility index (Phi) is 6.25. The van der Waals surface area contributed by atoms with Crippen LogP contribution in [0, 0.1) is 0 Å². The quantitative estimate of drug-likeness (QED) is 0.361. The highest BCUT2D eigenvalue weighted by Crippen LogP contribution is 2.46. The van der Waals surface area contributed by atoms with E-state index in [0.717, 1.165) is 0 Å². The molecule has 0 aromatic carbocycles. The Morgan fingerprint density at radius 1 is 1.42 bits per heavy atom. The molecule has 1 aromatic rings. The SMILES string of the molecule is CO[C@@H]1[C@H](O[Si](C)(C)C(C)(C)C)[C@@H](CO)O[C@@]1(I)n1ccc(=O)[nH]c1=O. The molecule has 26 heavy (non-hydrogen) atoms. The predicted octanol–water partition coefficient (Wildman–Crippen LogP) is 1.38. The number of H-pyrrole nitrogens is 1. The average Bonchev–Trinajstić information content (AvgIpc) is 2.77. The third-order valence-corrected chi connectivity index (χ3v) is 11.0. The summed E-state index contributed by atoms with van der Waals surface area (Å²) in [6.07, 6.45) is -0.507. The summed E-state index contributed by atoms with van der Waals surface area (Å²) >= 11 is 1.97. The zero-order valence-electron chi connectivity index (χ0n) is 15.9. The molecule has 0 amide bonds. The van der Waals surface area contributed by atoms with Gasteiger partial charge in [-0.25, -0.2) is 4.79 Å². The lowest BCUT2D eigenvalue weighted by Gasteiger charge is -2.40. The number of aromatic amines is 1. The van der Waals surface area contributed by atoms with Gasteiger partial charge in [0, 0.05) is 19.4 Å². The number of hydrogen-bond acceptors (Lipinski definition) is 6. The fourth-order valence-electron chi connectivity index (χ4n) is 2.67. The second-order valence-electron chi connectivity index (χ2n) is 7.93. The summed E-state index contributed by atoms with van der Waals surface area (Å²) in [6, 6.07) is 1.24. The molecule has 0 aliphatic carbocycles. The van der Waals surface area contributed by atoms with E-state index in [1.54, 1.807) is 0 Å². The zero-order valence-corrected chi connectivity index (χ0v) is 19.1. The molecule has 0 unspecified atom stereocenters. The molecule has 0 radical (unpaired) electrons. The lowest BCUT2D eigenvalue weighted by molar-refractivity contribution is -0.0771. The number of methoxy groups -OCH3 is 1. The van der Waals surface area contributed by atoms with Gasteiger partial charge in [0.1, 0.15) is 18.3 Å². The lowest BCUT2D eigenvalue weighted by atomic mass is 10.1. The van der Waals surface area contributed by atoms with Crippen molar-refractivity contribution >= 4 is 30.9 Å². The van der Waals surface area contributed by atoms with Crippen LogP contribution in [-0.2, 0) is 17.6 Å². The first-order chi connectivity index (χ1) is 11.9. The highest BCUT2D eigenvalue weighted by atomic mass is 127. The molecular weight excluding hydrogens is 471 g/mol. The van der Waals surface area contributed by atoms with E-state index in [9.17, 15) is 14.7 Å². The summed E-state index contributed by atoms with van der Waals surface area (Å²) in [5.74, 6) is 0. The van der Waals surface area contributed by atoms with E-state index in [1.165, 1.54) is 23.9 Å². The highest BCUT2D eigenvalue weighted by molar-refractivity contribution is 14.1. The van der Waals surface area contributed by atoms with Crippen LogP contribution in [0.2, 0.25) is 18.1 Å². The van der Waals surface area contributed by atoms with E-state index < -0.39 is 41.6 Å². The van der Waals surface area contributed by atoms with Crippen molar-refractivity contribution in [3.8, 4) is 0 Å². The molecule has 1 aromatic heterocycles. The summed E-state index contributed by atoms with van der Waals surface area (Å²) < 4.78 is 18.2. The summed E-state index contributed by atoms with van der Waals surface area (Å²) in [5, 5.41) is 9.80. The van der Waals surface area contributed by atoms with Crippen LogP contribution >= 0.6 is 22.6 Å². The zero-order chi connectivity index (χ0) is 19.9. The fraction of sp³-hybridized carbons (Fsp3) is 0.750. The monoisotopic (exact) mass is 498 g/mol. The summed E-state index contributed by atoms with van der Waals surface area (Å²) in [5.41, 5.74) is -1.11. The Morgan fingerprint density at radius 2 is 2.04 bits per heavy atom. The maximum atomic E-state index is 12.3. The predicted molar refractivity (Wildman–Crippen MR) is 108 cm³/mol. The van der Waals surface area contributed by atoms with E-state index in [-0.39, 0.29) is 11.6 Å². The molecule has 8 nitrogen and oxygen atoms in total. The third-order valence-electron chi connectivity index (χ3n) is 5.16. The Bertz CT molecular complexity index is 758. The van der Waals surface area contributed by atoms with Gasteiger partial charge in [0.05, 0.1) is 6.61 Å². The summed E-state index contributed by atoms with van der Waals surface area (Å²) in [6.45, 7) is 10.3. The normalized spacial score (nSPS) is 29.9. The number of aliphatic hydroxyl groups excluding tert-OH is 1. The summed E-state index contributed by atoms with van der Waals surface area (Å²) in [4.78, 5) is 25.9. The molecule has 2 N–H and O–H groups in total. The van der Waals surface area contributed by atoms with Crippen molar-refractivity contribution < 1.29 is 19.0 Å². The summed E-state index contributed by atoms with van der Waals surface area (Å²) in [7, 11) is -0.678. The van der Waals surface area contributed by atoms with Crippen molar-refractivity contribution in [2.45, 2.75) is 60.9 Å². The van der Waals surface area contributed by atoms with Crippen LogP contribution in [0.1, 0.15) is 20.8 Å². The van der Waals surface area contributed by atoms with Gasteiger partial charge in [-0.15, -0.1) is 0 Å². The number of ether oxygens (including phenoxy) is 2. The number of halogens is 1. The molecule has 2 heterocycles. The Morgan fingerprint density at radius 3 is 2.50 bits per heavy atom. The number of nitrogens with one attached hydrogen (secondary N) is 1. The van der Waals surface area contributed by atoms with Gasteiger partial charge < -0.3 is 19.0 Å². The smallest absolute Gasteiger partial charge is 0.331 e. The largest absolute Gasteiger partial charge is 0.408 e. The van der Waals surface area contributed by atoms with E-state index in [0.29, 0.717) is 0 Å². The highest BCUT2D eigenvalue weighted by Gasteiger charge is 2.58. The Balaban J connectivity index is 2.48. The topological polar surface area (TPSA) is 103 Å². The van der Waals surface area contributed by atoms with E-state index in [4.69, 9.17) is 13.9 Å². The molecule has 1 aliphatic rings. The first kappa shape index (κ1) is 21.8. The molecule has 4 atom stereocenters. The molecule has 0 bridgehead atoms. The molecule has 10 heteroatoms. The van der Waals surface area contributed by atoms with Gasteiger partial charge in [0.25, 0.3) is 5.56 Å². The molecule has 148 valence electrons. The molecule has 1 aliphatic heterocycles.